The van der Waals surface area contributed by atoms with Crippen molar-refractivity contribution in [2.45, 2.75) is 39.2 Å². The minimum atomic E-state index is 0.746. The van der Waals surface area contributed by atoms with Crippen LogP contribution in [-0.2, 0) is 0 Å². The number of hydrogen-bond donors (Lipinski definition) is 2. The van der Waals surface area contributed by atoms with Gasteiger partial charge in [0, 0.05) is 25.7 Å². The first-order chi connectivity index (χ1) is 8.78. The fourth-order valence-electron chi connectivity index (χ4n) is 2.83. The van der Waals surface area contributed by atoms with E-state index in [4.69, 9.17) is 0 Å². The van der Waals surface area contributed by atoms with E-state index in [1.54, 1.807) is 0 Å². The molecule has 0 aromatic carbocycles. The molecular formula is C14H32N4. The average molecular weight is 256 g/mol. The molecule has 0 aliphatic carbocycles. The Labute approximate surface area is 113 Å². The van der Waals surface area contributed by atoms with Gasteiger partial charge in [-0.15, -0.1) is 0 Å². The van der Waals surface area contributed by atoms with Gasteiger partial charge in [-0.05, 0) is 52.4 Å². The van der Waals surface area contributed by atoms with Crippen molar-refractivity contribution in [1.29, 1.82) is 0 Å². The molecule has 2 heterocycles. The van der Waals surface area contributed by atoms with Gasteiger partial charge in [0.05, 0.1) is 0 Å². The Bertz CT molecular complexity index is 202. The molecule has 108 valence electrons. The van der Waals surface area contributed by atoms with E-state index in [2.05, 4.69) is 27.7 Å². The summed E-state index contributed by atoms with van der Waals surface area (Å²) >= 11 is 0. The number of hydrogen-bond acceptors (Lipinski definition) is 4. The molecule has 2 fully saturated rings. The third-order valence-electron chi connectivity index (χ3n) is 4.00. The van der Waals surface area contributed by atoms with E-state index >= 15 is 0 Å². The fourth-order valence-corrected chi connectivity index (χ4v) is 2.83. The third kappa shape index (κ3) is 5.22. The Kier molecular flexibility index (Phi) is 7.82. The third-order valence-corrected chi connectivity index (χ3v) is 4.00. The van der Waals surface area contributed by atoms with E-state index < -0.39 is 0 Å². The van der Waals surface area contributed by atoms with Gasteiger partial charge in [-0.2, -0.15) is 0 Å². The summed E-state index contributed by atoms with van der Waals surface area (Å²) in [6, 6.07) is 0.746. The highest BCUT2D eigenvalue weighted by molar-refractivity contribution is 4.79. The lowest BCUT2D eigenvalue weighted by Crippen LogP contribution is -2.47. The summed E-state index contributed by atoms with van der Waals surface area (Å²) in [6.07, 6.45) is 3.94. The molecule has 0 saturated carbocycles. The molecule has 18 heavy (non-hydrogen) atoms. The van der Waals surface area contributed by atoms with Gasteiger partial charge in [0.1, 0.15) is 0 Å². The fraction of sp³-hybridized carbons (Fsp3) is 1.00. The van der Waals surface area contributed by atoms with Gasteiger partial charge in [0.25, 0.3) is 0 Å². The summed E-state index contributed by atoms with van der Waals surface area (Å²) in [5.41, 5.74) is 3.23. The summed E-state index contributed by atoms with van der Waals surface area (Å²) in [4.78, 5) is 2.44. The minimum absolute atomic E-state index is 0.746. The van der Waals surface area contributed by atoms with Crippen LogP contribution in [-0.4, -0.2) is 62.8 Å². The Morgan fingerprint density at radius 3 is 2.22 bits per heavy atom. The number of likely N-dealkylation sites (tertiary alicyclic amines) is 1. The van der Waals surface area contributed by atoms with Crippen LogP contribution in [0.2, 0.25) is 0 Å². The van der Waals surface area contributed by atoms with Gasteiger partial charge in [0.2, 0.25) is 0 Å². The number of nitrogens with zero attached hydrogens (tertiary/aromatic N) is 2. The lowest BCUT2D eigenvalue weighted by Gasteiger charge is -2.32. The summed E-state index contributed by atoms with van der Waals surface area (Å²) in [5.74, 6) is 0.882. The van der Waals surface area contributed by atoms with Gasteiger partial charge in [-0.25, -0.2) is 5.01 Å². The SMILES string of the molecule is CC.CNN1CCC(NCC2CCN(C)C2)CC1. The Morgan fingerprint density at radius 2 is 1.72 bits per heavy atom. The minimum Gasteiger partial charge on any atom is -0.314 e. The summed E-state index contributed by atoms with van der Waals surface area (Å²) < 4.78 is 0. The van der Waals surface area contributed by atoms with Crippen LogP contribution < -0.4 is 10.7 Å². The number of hydrazine groups is 1. The van der Waals surface area contributed by atoms with Gasteiger partial charge < -0.3 is 10.2 Å². The van der Waals surface area contributed by atoms with E-state index in [0.717, 1.165) is 12.0 Å². The van der Waals surface area contributed by atoms with E-state index in [1.807, 2.05) is 20.9 Å². The summed E-state index contributed by atoms with van der Waals surface area (Å²) in [7, 11) is 4.24. The molecule has 0 aromatic heterocycles. The Hall–Kier alpha value is -0.160. The molecule has 0 spiro atoms. The highest BCUT2D eigenvalue weighted by Gasteiger charge is 2.22. The van der Waals surface area contributed by atoms with Gasteiger partial charge in [-0.1, -0.05) is 13.8 Å². The van der Waals surface area contributed by atoms with Crippen LogP contribution in [0.5, 0.6) is 0 Å². The quantitative estimate of drug-likeness (QED) is 0.790. The molecule has 2 N–H and O–H groups in total. The normalized spacial score (nSPS) is 27.0. The predicted molar refractivity (Wildman–Crippen MR) is 78.6 cm³/mol. The van der Waals surface area contributed by atoms with Crippen molar-refractivity contribution in [2.24, 2.45) is 5.92 Å². The molecule has 0 bridgehead atoms. The first-order valence-electron chi connectivity index (χ1n) is 7.62. The van der Waals surface area contributed by atoms with E-state index in [-0.39, 0.29) is 0 Å². The zero-order valence-electron chi connectivity index (χ0n) is 12.7. The molecule has 4 heteroatoms. The second-order valence-corrected chi connectivity index (χ2v) is 5.31. The maximum Gasteiger partial charge on any atom is 0.0145 e. The van der Waals surface area contributed by atoms with Crippen molar-refractivity contribution in [1.82, 2.24) is 20.7 Å². The highest BCUT2D eigenvalue weighted by atomic mass is 15.5. The van der Waals surface area contributed by atoms with E-state index in [9.17, 15) is 0 Å². The van der Waals surface area contributed by atoms with Gasteiger partial charge in [-0.3, -0.25) is 5.43 Å². The van der Waals surface area contributed by atoms with Crippen molar-refractivity contribution < 1.29 is 0 Å². The van der Waals surface area contributed by atoms with E-state index in [0.29, 0.717) is 0 Å². The van der Waals surface area contributed by atoms with Crippen LogP contribution >= 0.6 is 0 Å². The zero-order chi connectivity index (χ0) is 13.4. The maximum absolute atomic E-state index is 3.75. The summed E-state index contributed by atoms with van der Waals surface area (Å²) in [6.45, 7) is 10.1. The lowest BCUT2D eigenvalue weighted by molar-refractivity contribution is 0.147. The molecule has 0 radical (unpaired) electrons. The van der Waals surface area contributed by atoms with Crippen molar-refractivity contribution in [3.63, 3.8) is 0 Å². The van der Waals surface area contributed by atoms with Crippen LogP contribution in [0.4, 0.5) is 0 Å². The van der Waals surface area contributed by atoms with Crippen LogP contribution in [0.15, 0.2) is 0 Å². The van der Waals surface area contributed by atoms with Crippen LogP contribution in [0, 0.1) is 5.92 Å². The molecule has 4 nitrogen and oxygen atoms in total. The standard InChI is InChI=1S/C12H26N4.C2H6/c1-13-16-7-4-12(5-8-16)14-9-11-3-6-15(2)10-11;1-2/h11-14H,3-10H2,1-2H3;1-2H3. The molecule has 0 aromatic rings. The first-order valence-corrected chi connectivity index (χ1v) is 7.62. The van der Waals surface area contributed by atoms with Crippen LogP contribution in [0.1, 0.15) is 33.1 Å². The van der Waals surface area contributed by atoms with E-state index in [1.165, 1.54) is 52.0 Å². The smallest absolute Gasteiger partial charge is 0.0145 e. The largest absolute Gasteiger partial charge is 0.314 e. The molecule has 2 aliphatic heterocycles. The molecule has 2 rings (SSSR count). The van der Waals surface area contributed by atoms with Crippen molar-refractivity contribution in [3.8, 4) is 0 Å². The average Bonchev–Trinajstić information content (AvgIpc) is 2.85. The molecule has 0 amide bonds. The van der Waals surface area contributed by atoms with Crippen molar-refractivity contribution >= 4 is 0 Å². The first kappa shape index (κ1) is 15.9. The lowest BCUT2D eigenvalue weighted by atomic mass is 10.0. The van der Waals surface area contributed by atoms with Crippen molar-refractivity contribution in [2.75, 3.05) is 46.8 Å². The number of piperidine rings is 1. The van der Waals surface area contributed by atoms with Gasteiger partial charge in [0.15, 0.2) is 0 Å². The topological polar surface area (TPSA) is 30.5 Å². The second kappa shape index (κ2) is 8.86. The Morgan fingerprint density at radius 1 is 1.06 bits per heavy atom. The maximum atomic E-state index is 3.75. The van der Waals surface area contributed by atoms with Crippen LogP contribution in [0.25, 0.3) is 0 Å². The highest BCUT2D eigenvalue weighted by Crippen LogP contribution is 2.14. The monoisotopic (exact) mass is 256 g/mol. The second-order valence-electron chi connectivity index (χ2n) is 5.31. The summed E-state index contributed by atoms with van der Waals surface area (Å²) in [5, 5.41) is 6.05. The molecule has 2 saturated heterocycles. The number of rotatable bonds is 4. The van der Waals surface area contributed by atoms with Crippen molar-refractivity contribution in [3.05, 3.63) is 0 Å². The Balaban J connectivity index is 0.000000771. The zero-order valence-corrected chi connectivity index (χ0v) is 12.7. The molecular weight excluding hydrogens is 224 g/mol. The predicted octanol–water partition coefficient (Wildman–Crippen LogP) is 1.15. The number of nitrogens with one attached hydrogen (secondary N) is 2. The van der Waals surface area contributed by atoms with Gasteiger partial charge >= 0.3 is 0 Å². The molecule has 2 aliphatic rings. The molecule has 1 atom stereocenters. The van der Waals surface area contributed by atoms with Crippen LogP contribution in [0.3, 0.4) is 0 Å². The molecule has 1 unspecified atom stereocenters.